The van der Waals surface area contributed by atoms with Crippen LogP contribution in [0, 0.1) is 27.7 Å². The topological polar surface area (TPSA) is 43.6 Å². The maximum absolute atomic E-state index is 12.8. The molecule has 0 N–H and O–H groups in total. The first-order chi connectivity index (χ1) is 13.4. The number of thiazole rings is 1. The lowest BCUT2D eigenvalue weighted by molar-refractivity contribution is -0.117. The summed E-state index contributed by atoms with van der Waals surface area (Å²) in [4.78, 5) is 18.0. The van der Waals surface area contributed by atoms with Crippen LogP contribution in [0.1, 0.15) is 34.7 Å². The van der Waals surface area contributed by atoms with Crippen molar-refractivity contribution in [1.29, 1.82) is 0 Å². The number of hydrogen-bond acceptors (Lipinski definition) is 3. The Bertz CT molecular complexity index is 1050. The molecule has 0 atom stereocenters. The van der Waals surface area contributed by atoms with Crippen LogP contribution >= 0.6 is 11.3 Å². The number of carbonyl (C=O) groups is 1. The first kappa shape index (κ1) is 20.5. The fourth-order valence-electron chi connectivity index (χ4n) is 3.57. The molecule has 3 rings (SSSR count). The first-order valence-electron chi connectivity index (χ1n) is 9.71. The van der Waals surface area contributed by atoms with Crippen molar-refractivity contribution in [3.8, 4) is 0 Å². The summed E-state index contributed by atoms with van der Waals surface area (Å²) in [6.07, 6.45) is 0.330. The molecule has 0 spiro atoms. The second-order valence-electron chi connectivity index (χ2n) is 7.26. The van der Waals surface area contributed by atoms with E-state index in [9.17, 15) is 4.79 Å². The van der Waals surface area contributed by atoms with E-state index in [0.717, 1.165) is 31.7 Å². The quantitative estimate of drug-likeness (QED) is 0.570. The van der Waals surface area contributed by atoms with Crippen LogP contribution < -0.4 is 4.80 Å². The van der Waals surface area contributed by atoms with Crippen LogP contribution in [-0.4, -0.2) is 23.7 Å². The molecule has 0 aliphatic carbocycles. The molecule has 148 valence electrons. The van der Waals surface area contributed by atoms with Gasteiger partial charge < -0.3 is 9.30 Å². The standard InChI is InChI=1S/C23H28N2O2S/c1-6-27-10-9-25-20-8-7-15(2)13-21(20)28-23(25)24-22(26)14-19-17(4)11-16(3)12-18(19)5/h7-8,11-13H,6,9-10,14H2,1-5H3. The Balaban J connectivity index is 1.98. The molecule has 0 radical (unpaired) electrons. The minimum atomic E-state index is -0.108. The molecule has 4 nitrogen and oxygen atoms in total. The second kappa shape index (κ2) is 8.84. The van der Waals surface area contributed by atoms with Crippen molar-refractivity contribution < 1.29 is 9.53 Å². The van der Waals surface area contributed by atoms with E-state index in [-0.39, 0.29) is 5.91 Å². The number of fused-ring (bicyclic) bond motifs is 1. The Labute approximate surface area is 170 Å². The number of rotatable bonds is 6. The van der Waals surface area contributed by atoms with Crippen molar-refractivity contribution in [3.63, 3.8) is 0 Å². The first-order valence-corrected chi connectivity index (χ1v) is 10.5. The van der Waals surface area contributed by atoms with Crippen LogP contribution in [0.25, 0.3) is 10.2 Å². The van der Waals surface area contributed by atoms with Crippen LogP contribution in [-0.2, 0) is 22.5 Å². The van der Waals surface area contributed by atoms with Gasteiger partial charge in [0.15, 0.2) is 4.80 Å². The maximum atomic E-state index is 12.8. The molecule has 3 aromatic rings. The summed E-state index contributed by atoms with van der Waals surface area (Å²) in [7, 11) is 0. The summed E-state index contributed by atoms with van der Waals surface area (Å²) in [6.45, 7) is 12.2. The van der Waals surface area contributed by atoms with Gasteiger partial charge in [-0.15, -0.1) is 0 Å². The summed E-state index contributed by atoms with van der Waals surface area (Å²) in [5.74, 6) is -0.108. The molecule has 2 aromatic carbocycles. The van der Waals surface area contributed by atoms with Crippen molar-refractivity contribution >= 4 is 27.5 Å². The highest BCUT2D eigenvalue weighted by Gasteiger charge is 2.11. The molecule has 1 heterocycles. The fourth-order valence-corrected chi connectivity index (χ4v) is 4.74. The van der Waals surface area contributed by atoms with Gasteiger partial charge in [-0.05, 0) is 69.0 Å². The predicted octanol–water partition coefficient (Wildman–Crippen LogP) is 4.64. The van der Waals surface area contributed by atoms with Crippen molar-refractivity contribution in [2.45, 2.75) is 47.6 Å². The van der Waals surface area contributed by atoms with Gasteiger partial charge in [-0.25, -0.2) is 0 Å². The summed E-state index contributed by atoms with van der Waals surface area (Å²) < 4.78 is 8.78. The van der Waals surface area contributed by atoms with Gasteiger partial charge in [0.1, 0.15) is 0 Å². The van der Waals surface area contributed by atoms with Gasteiger partial charge in [0.05, 0.1) is 23.2 Å². The summed E-state index contributed by atoms with van der Waals surface area (Å²) in [5.41, 5.74) is 6.91. The van der Waals surface area contributed by atoms with E-state index in [2.05, 4.69) is 67.6 Å². The van der Waals surface area contributed by atoms with Crippen LogP contribution in [0.2, 0.25) is 0 Å². The van der Waals surface area contributed by atoms with E-state index >= 15 is 0 Å². The van der Waals surface area contributed by atoms with Gasteiger partial charge in [0.2, 0.25) is 0 Å². The molecular formula is C23H28N2O2S. The maximum Gasteiger partial charge on any atom is 0.252 e. The number of hydrogen-bond donors (Lipinski definition) is 0. The Hall–Kier alpha value is -2.24. The van der Waals surface area contributed by atoms with Gasteiger partial charge in [-0.2, -0.15) is 4.99 Å². The van der Waals surface area contributed by atoms with Gasteiger partial charge in [-0.1, -0.05) is 35.1 Å². The molecule has 0 bridgehead atoms. The molecule has 0 unspecified atom stereocenters. The fraction of sp³-hybridized carbons (Fsp3) is 0.391. The lowest BCUT2D eigenvalue weighted by Crippen LogP contribution is -2.20. The van der Waals surface area contributed by atoms with Crippen LogP contribution in [0.15, 0.2) is 35.3 Å². The second-order valence-corrected chi connectivity index (χ2v) is 8.27. The van der Waals surface area contributed by atoms with Gasteiger partial charge in [-0.3, -0.25) is 4.79 Å². The SMILES string of the molecule is CCOCCn1c(=NC(=O)Cc2c(C)cc(C)cc2C)sc2cc(C)ccc21. The number of nitrogens with zero attached hydrogens (tertiary/aromatic N) is 2. The van der Waals surface area contributed by atoms with Crippen LogP contribution in [0.4, 0.5) is 0 Å². The lowest BCUT2D eigenvalue weighted by atomic mass is 9.97. The lowest BCUT2D eigenvalue weighted by Gasteiger charge is -2.09. The zero-order chi connectivity index (χ0) is 20.3. The van der Waals surface area contributed by atoms with Crippen molar-refractivity contribution in [1.82, 2.24) is 4.57 Å². The van der Waals surface area contributed by atoms with Crippen LogP contribution in [0.5, 0.6) is 0 Å². The number of aryl methyl sites for hydroxylation is 4. The van der Waals surface area contributed by atoms with E-state index in [1.807, 2.05) is 6.92 Å². The highest BCUT2D eigenvalue weighted by molar-refractivity contribution is 7.16. The van der Waals surface area contributed by atoms with Crippen molar-refractivity contribution in [2.75, 3.05) is 13.2 Å². The van der Waals surface area contributed by atoms with Gasteiger partial charge in [0.25, 0.3) is 5.91 Å². The molecule has 28 heavy (non-hydrogen) atoms. The number of amides is 1. The van der Waals surface area contributed by atoms with E-state index in [4.69, 9.17) is 4.74 Å². The van der Waals surface area contributed by atoms with E-state index < -0.39 is 0 Å². The van der Waals surface area contributed by atoms with Crippen molar-refractivity contribution in [2.24, 2.45) is 4.99 Å². The Morgan fingerprint density at radius 1 is 1.07 bits per heavy atom. The highest BCUT2D eigenvalue weighted by atomic mass is 32.1. The van der Waals surface area contributed by atoms with E-state index in [0.29, 0.717) is 26.2 Å². The number of carbonyl (C=O) groups excluding carboxylic acids is 1. The third-order valence-electron chi connectivity index (χ3n) is 4.89. The average Bonchev–Trinajstić information content (AvgIpc) is 2.94. The molecule has 0 aliphatic rings. The molecule has 1 amide bonds. The molecule has 0 saturated carbocycles. The number of benzene rings is 2. The molecule has 0 fully saturated rings. The van der Waals surface area contributed by atoms with Gasteiger partial charge >= 0.3 is 0 Å². The third-order valence-corrected chi connectivity index (χ3v) is 5.93. The third kappa shape index (κ3) is 4.59. The number of ether oxygens (including phenoxy) is 1. The normalized spacial score (nSPS) is 12.1. The molecule has 0 aliphatic heterocycles. The number of aromatic nitrogens is 1. The monoisotopic (exact) mass is 396 g/mol. The predicted molar refractivity (Wildman–Crippen MR) is 116 cm³/mol. The Morgan fingerprint density at radius 3 is 2.46 bits per heavy atom. The van der Waals surface area contributed by atoms with E-state index in [1.54, 1.807) is 11.3 Å². The minimum Gasteiger partial charge on any atom is -0.380 e. The Morgan fingerprint density at radius 2 is 1.79 bits per heavy atom. The van der Waals surface area contributed by atoms with Crippen LogP contribution in [0.3, 0.4) is 0 Å². The minimum absolute atomic E-state index is 0.108. The molecule has 5 heteroatoms. The van der Waals surface area contributed by atoms with Gasteiger partial charge in [0, 0.05) is 13.2 Å². The Kier molecular flexibility index (Phi) is 6.47. The average molecular weight is 397 g/mol. The van der Waals surface area contributed by atoms with Crippen molar-refractivity contribution in [3.05, 3.63) is 63.0 Å². The summed E-state index contributed by atoms with van der Waals surface area (Å²) in [6, 6.07) is 10.6. The zero-order valence-corrected chi connectivity index (χ0v) is 18.2. The van der Waals surface area contributed by atoms with E-state index in [1.165, 1.54) is 11.1 Å². The smallest absolute Gasteiger partial charge is 0.252 e. The molecule has 0 saturated heterocycles. The highest BCUT2D eigenvalue weighted by Crippen LogP contribution is 2.20. The molecule has 1 aromatic heterocycles. The molecular weight excluding hydrogens is 368 g/mol. The summed E-state index contributed by atoms with van der Waals surface area (Å²) >= 11 is 1.57. The largest absolute Gasteiger partial charge is 0.380 e. The summed E-state index contributed by atoms with van der Waals surface area (Å²) in [5, 5.41) is 0. The zero-order valence-electron chi connectivity index (χ0n) is 17.3.